The van der Waals surface area contributed by atoms with Crippen LogP contribution in [0.1, 0.15) is 18.3 Å². The summed E-state index contributed by atoms with van der Waals surface area (Å²) in [5.41, 5.74) is 2.32. The average molecular weight is 359 g/mol. The molecule has 0 saturated heterocycles. The van der Waals surface area contributed by atoms with Gasteiger partial charge in [0.15, 0.2) is 0 Å². The molecule has 2 heterocycles. The van der Waals surface area contributed by atoms with Crippen LogP contribution in [0.4, 0.5) is 18.9 Å². The first-order valence-corrected chi connectivity index (χ1v) is 8.28. The molecule has 3 aromatic rings. The van der Waals surface area contributed by atoms with Gasteiger partial charge in [0.05, 0.1) is 11.0 Å². The Morgan fingerprint density at radius 3 is 2.62 bits per heavy atom. The number of anilines is 1. The number of fused-ring (bicyclic) bond motifs is 2. The lowest BCUT2D eigenvalue weighted by Gasteiger charge is -2.23. The number of imidazole rings is 1. The van der Waals surface area contributed by atoms with Gasteiger partial charge < -0.3 is 9.47 Å². The lowest BCUT2D eigenvalue weighted by molar-refractivity contribution is -0.147. The number of alkyl halides is 3. The molecule has 1 amide bonds. The summed E-state index contributed by atoms with van der Waals surface area (Å²) in [4.78, 5) is 18.2. The number of hydrogen-bond acceptors (Lipinski definition) is 2. The van der Waals surface area contributed by atoms with Gasteiger partial charge in [-0.15, -0.1) is 0 Å². The van der Waals surface area contributed by atoms with Gasteiger partial charge in [0.25, 0.3) is 0 Å². The maximum atomic E-state index is 13.4. The fourth-order valence-electron chi connectivity index (χ4n) is 3.61. The van der Waals surface area contributed by atoms with Crippen LogP contribution in [0.2, 0.25) is 0 Å². The Hall–Kier alpha value is -2.83. The molecule has 1 unspecified atom stereocenters. The first-order valence-electron chi connectivity index (χ1n) is 8.28. The Bertz CT molecular complexity index is 993. The highest BCUT2D eigenvalue weighted by molar-refractivity contribution is 5.96. The second-order valence-corrected chi connectivity index (χ2v) is 6.45. The van der Waals surface area contributed by atoms with Gasteiger partial charge in [-0.2, -0.15) is 13.2 Å². The van der Waals surface area contributed by atoms with Gasteiger partial charge >= 0.3 is 6.18 Å². The van der Waals surface area contributed by atoms with Gasteiger partial charge in [-0.05, 0) is 37.1 Å². The third-order valence-electron chi connectivity index (χ3n) is 4.68. The molecule has 0 fully saturated rings. The highest BCUT2D eigenvalue weighted by Crippen LogP contribution is 2.34. The van der Waals surface area contributed by atoms with Crippen LogP contribution >= 0.6 is 0 Å². The normalized spacial score (nSPS) is 16.9. The Balaban J connectivity index is 1.75. The second-order valence-electron chi connectivity index (χ2n) is 6.45. The van der Waals surface area contributed by atoms with E-state index in [1.54, 1.807) is 23.1 Å². The van der Waals surface area contributed by atoms with E-state index in [0.717, 1.165) is 15.8 Å². The summed E-state index contributed by atoms with van der Waals surface area (Å²) in [6, 6.07) is 13.7. The molecular weight excluding hydrogens is 343 g/mol. The van der Waals surface area contributed by atoms with E-state index < -0.39 is 18.5 Å². The van der Waals surface area contributed by atoms with Gasteiger partial charge in [-0.25, -0.2) is 4.98 Å². The van der Waals surface area contributed by atoms with Crippen molar-refractivity contribution >= 4 is 22.6 Å². The molecule has 1 atom stereocenters. The van der Waals surface area contributed by atoms with Crippen molar-refractivity contribution in [2.24, 2.45) is 0 Å². The maximum Gasteiger partial charge on any atom is 0.449 e. The molecule has 26 heavy (non-hydrogen) atoms. The Morgan fingerprint density at radius 2 is 1.85 bits per heavy atom. The molecule has 7 heteroatoms. The lowest BCUT2D eigenvalue weighted by atomic mass is 10.1. The molecular formula is C19H16F3N3O. The fourth-order valence-corrected chi connectivity index (χ4v) is 3.61. The van der Waals surface area contributed by atoms with E-state index in [1.807, 2.05) is 31.2 Å². The number of benzene rings is 2. The number of nitrogens with zero attached hydrogens (tertiary/aromatic N) is 3. The van der Waals surface area contributed by atoms with Crippen LogP contribution in [0, 0.1) is 0 Å². The molecule has 0 aliphatic carbocycles. The average Bonchev–Trinajstić information content (AvgIpc) is 3.12. The first-order chi connectivity index (χ1) is 12.4. The van der Waals surface area contributed by atoms with E-state index in [1.165, 1.54) is 6.07 Å². The lowest BCUT2D eigenvalue weighted by Crippen LogP contribution is -2.38. The van der Waals surface area contributed by atoms with E-state index in [0.29, 0.717) is 11.9 Å². The van der Waals surface area contributed by atoms with E-state index in [9.17, 15) is 18.0 Å². The van der Waals surface area contributed by atoms with Crippen molar-refractivity contribution in [2.45, 2.75) is 32.1 Å². The molecule has 4 rings (SSSR count). The molecule has 0 radical (unpaired) electrons. The third-order valence-corrected chi connectivity index (χ3v) is 4.68. The Kier molecular flexibility index (Phi) is 3.75. The number of aromatic nitrogens is 2. The molecule has 134 valence electrons. The Labute approximate surface area is 147 Å². The second kappa shape index (κ2) is 5.86. The fraction of sp³-hybridized carbons (Fsp3) is 0.263. The summed E-state index contributed by atoms with van der Waals surface area (Å²) in [5, 5.41) is 0. The van der Waals surface area contributed by atoms with Gasteiger partial charge in [0, 0.05) is 11.7 Å². The molecule has 0 saturated carbocycles. The zero-order valence-corrected chi connectivity index (χ0v) is 14.0. The number of amides is 1. The van der Waals surface area contributed by atoms with Gasteiger partial charge in [-0.1, -0.05) is 30.3 Å². The van der Waals surface area contributed by atoms with Crippen LogP contribution in [0.25, 0.3) is 11.0 Å². The maximum absolute atomic E-state index is 13.4. The van der Waals surface area contributed by atoms with Crippen LogP contribution < -0.4 is 4.90 Å². The third kappa shape index (κ3) is 2.64. The van der Waals surface area contributed by atoms with Crippen molar-refractivity contribution < 1.29 is 18.0 Å². The van der Waals surface area contributed by atoms with Gasteiger partial charge in [0.1, 0.15) is 6.54 Å². The molecule has 2 aromatic carbocycles. The van der Waals surface area contributed by atoms with Crippen molar-refractivity contribution in [1.29, 1.82) is 0 Å². The van der Waals surface area contributed by atoms with Crippen LogP contribution in [0.3, 0.4) is 0 Å². The molecule has 1 aromatic heterocycles. The molecule has 0 bridgehead atoms. The number of carbonyl (C=O) groups is 1. The highest BCUT2D eigenvalue weighted by atomic mass is 19.4. The molecule has 1 aliphatic rings. The molecule has 0 N–H and O–H groups in total. The predicted octanol–water partition coefficient (Wildman–Crippen LogP) is 4.03. The molecule has 1 aliphatic heterocycles. The standard InChI is InChI=1S/C19H16F3N3O/c1-12-10-13-6-2-4-8-15(13)25(12)17(26)11-24-16-9-5-3-7-14(16)23-18(24)19(20,21)22/h2-9,12H,10-11H2,1H3. The van der Waals surface area contributed by atoms with Crippen LogP contribution in [-0.2, 0) is 23.9 Å². The minimum absolute atomic E-state index is 0.0935. The van der Waals surface area contributed by atoms with Crippen molar-refractivity contribution in [1.82, 2.24) is 9.55 Å². The monoisotopic (exact) mass is 359 g/mol. The van der Waals surface area contributed by atoms with E-state index in [4.69, 9.17) is 0 Å². The van der Waals surface area contributed by atoms with Crippen molar-refractivity contribution in [2.75, 3.05) is 4.90 Å². The summed E-state index contributed by atoms with van der Waals surface area (Å²) in [6.07, 6.45) is -3.94. The van der Waals surface area contributed by atoms with Crippen molar-refractivity contribution in [3.63, 3.8) is 0 Å². The van der Waals surface area contributed by atoms with E-state index in [2.05, 4.69) is 4.98 Å². The summed E-state index contributed by atoms with van der Waals surface area (Å²) < 4.78 is 41.2. The number of para-hydroxylation sites is 3. The minimum Gasteiger partial charge on any atom is -0.311 e. The number of rotatable bonds is 2. The van der Waals surface area contributed by atoms with Crippen molar-refractivity contribution in [3.05, 3.63) is 59.9 Å². The molecule has 4 nitrogen and oxygen atoms in total. The highest BCUT2D eigenvalue weighted by Gasteiger charge is 2.39. The van der Waals surface area contributed by atoms with Crippen LogP contribution in [0.5, 0.6) is 0 Å². The van der Waals surface area contributed by atoms with Crippen LogP contribution in [0.15, 0.2) is 48.5 Å². The number of halogens is 3. The smallest absolute Gasteiger partial charge is 0.311 e. The number of hydrogen-bond donors (Lipinski definition) is 0. The predicted molar refractivity (Wildman–Crippen MR) is 91.8 cm³/mol. The summed E-state index contributed by atoms with van der Waals surface area (Å²) in [6.45, 7) is 1.49. The van der Waals surface area contributed by atoms with E-state index in [-0.39, 0.29) is 17.5 Å². The Morgan fingerprint density at radius 1 is 1.15 bits per heavy atom. The topological polar surface area (TPSA) is 38.1 Å². The quantitative estimate of drug-likeness (QED) is 0.693. The summed E-state index contributed by atoms with van der Waals surface area (Å²) in [7, 11) is 0. The summed E-state index contributed by atoms with van der Waals surface area (Å²) in [5.74, 6) is -1.43. The largest absolute Gasteiger partial charge is 0.449 e. The van der Waals surface area contributed by atoms with E-state index >= 15 is 0 Å². The van der Waals surface area contributed by atoms with Crippen LogP contribution in [-0.4, -0.2) is 21.5 Å². The summed E-state index contributed by atoms with van der Waals surface area (Å²) >= 11 is 0. The minimum atomic E-state index is -4.63. The molecule has 0 spiro atoms. The van der Waals surface area contributed by atoms with Gasteiger partial charge in [-0.3, -0.25) is 4.79 Å². The zero-order valence-electron chi connectivity index (χ0n) is 14.0. The van der Waals surface area contributed by atoms with Crippen molar-refractivity contribution in [3.8, 4) is 0 Å². The SMILES string of the molecule is CC1Cc2ccccc2N1C(=O)Cn1c(C(F)(F)F)nc2ccccc21. The number of carbonyl (C=O) groups excluding carboxylic acids is 1. The van der Waals surface area contributed by atoms with Gasteiger partial charge in [0.2, 0.25) is 11.7 Å². The first kappa shape index (κ1) is 16.6. The zero-order chi connectivity index (χ0) is 18.5.